The van der Waals surface area contributed by atoms with Gasteiger partial charge in [-0.15, -0.1) is 34.9 Å². The fourth-order valence-electron chi connectivity index (χ4n) is 7.09. The molecule has 1 radical (unpaired) electrons. The van der Waals surface area contributed by atoms with Crippen molar-refractivity contribution in [3.05, 3.63) is 76.2 Å². The molecule has 1 N–H and O–H groups in total. The number of ketones is 1. The summed E-state index contributed by atoms with van der Waals surface area (Å²) in [5, 5.41) is 12.2. The van der Waals surface area contributed by atoms with Crippen LogP contribution in [-0.4, -0.2) is 15.9 Å². The predicted molar refractivity (Wildman–Crippen MR) is 194 cm³/mol. The maximum absolute atomic E-state index is 11.7. The van der Waals surface area contributed by atoms with Gasteiger partial charge in [0.2, 0.25) is 0 Å². The Hall–Kier alpha value is -2.75. The number of pyridine rings is 1. The van der Waals surface area contributed by atoms with Crippen LogP contribution >= 0.6 is 0 Å². The molecule has 4 nitrogen and oxygen atoms in total. The number of aryl methyl sites for hydroxylation is 1. The zero-order valence-corrected chi connectivity index (χ0v) is 33.0. The molecule has 4 aromatic rings. The first-order valence-corrected chi connectivity index (χ1v) is 17.6. The van der Waals surface area contributed by atoms with Crippen molar-refractivity contribution in [2.75, 3.05) is 0 Å². The average Bonchev–Trinajstić information content (AvgIpc) is 3.37. The quantitative estimate of drug-likeness (QED) is 0.0931. The van der Waals surface area contributed by atoms with Crippen molar-refractivity contribution in [1.29, 1.82) is 0 Å². The number of carbonyl (C=O) groups excluding carboxylic acids is 1. The Morgan fingerprint density at radius 1 is 0.894 bits per heavy atom. The molecule has 5 heteroatoms. The van der Waals surface area contributed by atoms with Gasteiger partial charge in [-0.2, -0.15) is 0 Å². The number of aliphatic hydroxyl groups excluding tert-OH is 1. The van der Waals surface area contributed by atoms with E-state index in [1.807, 2.05) is 33.9 Å². The van der Waals surface area contributed by atoms with Crippen LogP contribution in [0.1, 0.15) is 123 Å². The Bertz CT molecular complexity index is 1720. The minimum absolute atomic E-state index is 0. The van der Waals surface area contributed by atoms with Crippen molar-refractivity contribution in [1.82, 2.24) is 4.98 Å². The van der Waals surface area contributed by atoms with E-state index < -0.39 is 0 Å². The summed E-state index contributed by atoms with van der Waals surface area (Å²) >= 11 is 0. The number of rotatable bonds is 11. The van der Waals surface area contributed by atoms with Crippen LogP contribution in [0.4, 0.5) is 0 Å². The van der Waals surface area contributed by atoms with E-state index in [0.29, 0.717) is 11.8 Å². The van der Waals surface area contributed by atoms with Crippen molar-refractivity contribution in [3.8, 4) is 11.3 Å². The van der Waals surface area contributed by atoms with Crippen LogP contribution in [0.3, 0.4) is 0 Å². The smallest absolute Gasteiger partial charge is 0.162 e. The Kier molecular flexibility index (Phi) is 13.3. The van der Waals surface area contributed by atoms with Crippen LogP contribution in [0.15, 0.2) is 46.7 Å². The molecule has 2 aromatic carbocycles. The standard InChI is InChI=1S/C29H32NO.C13H24O2.Ir/c1-16(2)12-19-9-11-22-24-25-26(21-10-8-18(5)14-23(21)29(22,6)7)30-15-20(13-17(3)4)28(25)31-27(19)24;1-5-10(6-2)12(14)9-13(15)11(7-3)8-4;/h8-9,11,14-17H,12-13H2,1-7H3;9-11,14H,5-8H2,1-4H3;/q-1;;/b;12-9-;. The normalized spacial score (nSPS) is 13.7. The summed E-state index contributed by atoms with van der Waals surface area (Å²) in [5.41, 5.74) is 10.4. The summed E-state index contributed by atoms with van der Waals surface area (Å²) in [6.07, 6.45) is 8.92. The van der Waals surface area contributed by atoms with Gasteiger partial charge in [0.25, 0.3) is 0 Å². The number of nitrogens with zero attached hydrogens (tertiary/aromatic N) is 1. The van der Waals surface area contributed by atoms with E-state index in [1.54, 1.807) is 0 Å². The summed E-state index contributed by atoms with van der Waals surface area (Å²) in [4.78, 5) is 16.8. The van der Waals surface area contributed by atoms with Gasteiger partial charge in [-0.1, -0.05) is 88.3 Å². The summed E-state index contributed by atoms with van der Waals surface area (Å²) in [7, 11) is 0. The molecule has 0 spiro atoms. The summed E-state index contributed by atoms with van der Waals surface area (Å²) in [5.74, 6) is 1.66. The minimum Gasteiger partial charge on any atom is -0.512 e. The van der Waals surface area contributed by atoms with Gasteiger partial charge in [0.05, 0.1) is 5.76 Å². The fourth-order valence-corrected chi connectivity index (χ4v) is 7.09. The SMILES string of the molecule is CCC(CC)C(=O)/C=C(\O)C(CC)CC.Cc1c[c-]c2c(c1)C(C)(C)c1ccc(CC(C)C)c3oc4c(CC(C)C)cnc-2c4c13.[Ir]. The van der Waals surface area contributed by atoms with Crippen LogP contribution in [0.25, 0.3) is 33.2 Å². The number of hydrogen-bond acceptors (Lipinski definition) is 4. The maximum atomic E-state index is 11.7. The number of allylic oxidation sites excluding steroid dienone is 2. The predicted octanol–water partition coefficient (Wildman–Crippen LogP) is 11.7. The van der Waals surface area contributed by atoms with Gasteiger partial charge >= 0.3 is 0 Å². The van der Waals surface area contributed by atoms with Gasteiger partial charge in [-0.3, -0.25) is 4.79 Å². The second-order valence-electron chi connectivity index (χ2n) is 14.7. The molecule has 0 saturated heterocycles. The molecule has 1 aliphatic carbocycles. The van der Waals surface area contributed by atoms with Gasteiger partial charge in [0.1, 0.15) is 11.2 Å². The Labute approximate surface area is 297 Å². The third-order valence-corrected chi connectivity index (χ3v) is 9.81. The van der Waals surface area contributed by atoms with Crippen LogP contribution in [0.2, 0.25) is 0 Å². The summed E-state index contributed by atoms with van der Waals surface area (Å²) in [6, 6.07) is 12.6. The molecular formula is C42H56IrNO3-. The van der Waals surface area contributed by atoms with Crippen molar-refractivity contribution in [2.24, 2.45) is 23.7 Å². The maximum Gasteiger partial charge on any atom is 0.162 e. The van der Waals surface area contributed by atoms with Gasteiger partial charge < -0.3 is 14.5 Å². The number of carbonyl (C=O) groups is 1. The minimum atomic E-state index is -0.165. The molecule has 2 aromatic heterocycles. The van der Waals surface area contributed by atoms with Crippen LogP contribution in [-0.2, 0) is 43.2 Å². The van der Waals surface area contributed by atoms with Gasteiger partial charge in [-0.25, -0.2) is 0 Å². The zero-order valence-electron chi connectivity index (χ0n) is 30.6. The van der Waals surface area contributed by atoms with E-state index >= 15 is 0 Å². The molecule has 0 saturated carbocycles. The van der Waals surface area contributed by atoms with E-state index in [0.717, 1.165) is 60.9 Å². The third kappa shape index (κ3) is 7.94. The molecule has 1 aliphatic rings. The average molecular weight is 815 g/mol. The molecule has 2 heterocycles. The van der Waals surface area contributed by atoms with Gasteiger partial charge in [-0.05, 0) is 72.6 Å². The first-order chi connectivity index (χ1) is 21.8. The number of benzene rings is 2. The van der Waals surface area contributed by atoms with Gasteiger partial charge in [0, 0.05) is 60.5 Å². The molecule has 0 unspecified atom stereocenters. The van der Waals surface area contributed by atoms with E-state index in [4.69, 9.17) is 9.40 Å². The third-order valence-electron chi connectivity index (χ3n) is 9.81. The van der Waals surface area contributed by atoms with Gasteiger partial charge in [0.15, 0.2) is 5.78 Å². The number of fused-ring (bicyclic) bond motifs is 2. The van der Waals surface area contributed by atoms with Crippen LogP contribution < -0.4 is 0 Å². The van der Waals surface area contributed by atoms with Crippen LogP contribution in [0.5, 0.6) is 0 Å². The van der Waals surface area contributed by atoms with Crippen molar-refractivity contribution < 1.29 is 34.4 Å². The molecule has 0 amide bonds. The number of aliphatic hydroxyl groups is 1. The first-order valence-electron chi connectivity index (χ1n) is 17.6. The van der Waals surface area contributed by atoms with E-state index in [2.05, 4.69) is 78.8 Å². The van der Waals surface area contributed by atoms with E-state index in [-0.39, 0.29) is 48.9 Å². The first kappa shape index (κ1) is 38.7. The Morgan fingerprint density at radius 2 is 1.47 bits per heavy atom. The van der Waals surface area contributed by atoms with Crippen molar-refractivity contribution in [3.63, 3.8) is 0 Å². The van der Waals surface area contributed by atoms with E-state index in [1.165, 1.54) is 44.7 Å². The molecule has 0 bridgehead atoms. The fraction of sp³-hybridized carbons (Fsp3) is 0.524. The summed E-state index contributed by atoms with van der Waals surface area (Å²) in [6.45, 7) is 23.9. The Balaban J connectivity index is 0.000000322. The topological polar surface area (TPSA) is 63.3 Å². The second kappa shape index (κ2) is 16.1. The van der Waals surface area contributed by atoms with E-state index in [9.17, 15) is 9.90 Å². The number of furan rings is 1. The summed E-state index contributed by atoms with van der Waals surface area (Å²) < 4.78 is 6.75. The molecule has 0 atom stereocenters. The number of aromatic nitrogens is 1. The monoisotopic (exact) mass is 815 g/mol. The molecule has 0 aliphatic heterocycles. The molecular weight excluding hydrogens is 759 g/mol. The molecule has 0 fully saturated rings. The van der Waals surface area contributed by atoms with Crippen molar-refractivity contribution in [2.45, 2.75) is 120 Å². The zero-order chi connectivity index (χ0) is 33.9. The molecule has 47 heavy (non-hydrogen) atoms. The molecule has 5 rings (SSSR count). The largest absolute Gasteiger partial charge is 0.512 e. The molecule has 257 valence electrons. The Morgan fingerprint density at radius 3 is 2.04 bits per heavy atom. The van der Waals surface area contributed by atoms with Crippen LogP contribution in [0, 0.1) is 36.7 Å². The van der Waals surface area contributed by atoms with Crippen molar-refractivity contribution >= 4 is 27.7 Å². The second-order valence-corrected chi connectivity index (χ2v) is 14.7. The number of hydrogen-bond donors (Lipinski definition) is 1.